The Hall–Kier alpha value is -2.28. The molecule has 0 unspecified atom stereocenters. The number of guanidine groups is 1. The van der Waals surface area contributed by atoms with Gasteiger partial charge in [0.25, 0.3) is 0 Å². The van der Waals surface area contributed by atoms with Gasteiger partial charge in [0.15, 0.2) is 17.5 Å². The summed E-state index contributed by atoms with van der Waals surface area (Å²) in [6.45, 7) is 5.26. The van der Waals surface area contributed by atoms with E-state index in [1.165, 1.54) is 0 Å². The average Bonchev–Trinajstić information content (AvgIpc) is 3.07. The van der Waals surface area contributed by atoms with E-state index in [0.717, 1.165) is 22.8 Å². The van der Waals surface area contributed by atoms with Gasteiger partial charge >= 0.3 is 0 Å². The highest BCUT2D eigenvalue weighted by Gasteiger charge is 2.07. The third-order valence-corrected chi connectivity index (χ3v) is 4.33. The maximum Gasteiger partial charge on any atom is 0.195 e. The molecule has 0 bridgehead atoms. The molecule has 1 aromatic carbocycles. The fourth-order valence-electron chi connectivity index (χ4n) is 2.11. The molecule has 0 aliphatic rings. The molecular formula is C17H24N4O2S. The molecule has 0 saturated carbocycles. The van der Waals surface area contributed by atoms with Gasteiger partial charge in [-0.05, 0) is 25.5 Å². The summed E-state index contributed by atoms with van der Waals surface area (Å²) >= 11 is 1.68. The van der Waals surface area contributed by atoms with Gasteiger partial charge in [0.05, 0.1) is 31.0 Å². The molecule has 130 valence electrons. The van der Waals surface area contributed by atoms with Crippen LogP contribution in [0.5, 0.6) is 11.5 Å². The topological polar surface area (TPSA) is 67.8 Å². The lowest BCUT2D eigenvalue weighted by molar-refractivity contribution is 0.311. The second-order valence-electron chi connectivity index (χ2n) is 4.94. The average molecular weight is 348 g/mol. The first-order valence-corrected chi connectivity index (χ1v) is 8.79. The molecule has 7 heteroatoms. The number of ether oxygens (including phenoxy) is 2. The summed E-state index contributed by atoms with van der Waals surface area (Å²) in [6.07, 6.45) is 0.962. The Bertz CT molecular complexity index is 685. The molecule has 1 aromatic heterocycles. The van der Waals surface area contributed by atoms with E-state index in [0.29, 0.717) is 30.6 Å². The van der Waals surface area contributed by atoms with Crippen LogP contribution >= 0.6 is 11.3 Å². The van der Waals surface area contributed by atoms with Crippen molar-refractivity contribution in [2.45, 2.75) is 26.8 Å². The molecule has 6 nitrogen and oxygen atoms in total. The van der Waals surface area contributed by atoms with Crippen molar-refractivity contribution in [3.63, 3.8) is 0 Å². The molecular weight excluding hydrogens is 324 g/mol. The number of methoxy groups -OCH3 is 1. The highest BCUT2D eigenvalue weighted by molar-refractivity contribution is 7.09. The molecule has 1 heterocycles. The molecule has 2 aromatic rings. The Morgan fingerprint density at radius 2 is 2.12 bits per heavy atom. The molecule has 0 spiro atoms. The van der Waals surface area contributed by atoms with Crippen molar-refractivity contribution in [3.05, 3.63) is 34.3 Å². The van der Waals surface area contributed by atoms with Crippen molar-refractivity contribution in [1.29, 1.82) is 0 Å². The maximum atomic E-state index is 5.59. The van der Waals surface area contributed by atoms with E-state index in [4.69, 9.17) is 9.47 Å². The Balaban J connectivity index is 2.00. The van der Waals surface area contributed by atoms with E-state index >= 15 is 0 Å². The summed E-state index contributed by atoms with van der Waals surface area (Å²) in [5.41, 5.74) is 1.89. The van der Waals surface area contributed by atoms with Gasteiger partial charge in [-0.2, -0.15) is 0 Å². The number of hydrogen-bond acceptors (Lipinski definition) is 5. The van der Waals surface area contributed by atoms with Crippen LogP contribution < -0.4 is 20.1 Å². The van der Waals surface area contributed by atoms with Crippen molar-refractivity contribution in [2.75, 3.05) is 26.1 Å². The predicted molar refractivity (Wildman–Crippen MR) is 99.5 cm³/mol. The number of aryl methyl sites for hydroxylation is 1. The summed E-state index contributed by atoms with van der Waals surface area (Å²) in [5.74, 6) is 2.08. The summed E-state index contributed by atoms with van der Waals surface area (Å²) < 4.78 is 10.9. The smallest absolute Gasteiger partial charge is 0.195 e. The summed E-state index contributed by atoms with van der Waals surface area (Å²) in [7, 11) is 3.37. The molecule has 0 aliphatic carbocycles. The molecule has 0 aliphatic heterocycles. The number of nitrogens with zero attached hydrogens (tertiary/aromatic N) is 2. The molecule has 2 rings (SSSR count). The van der Waals surface area contributed by atoms with Gasteiger partial charge in [0, 0.05) is 24.2 Å². The monoisotopic (exact) mass is 348 g/mol. The maximum absolute atomic E-state index is 5.59. The van der Waals surface area contributed by atoms with Crippen LogP contribution in [-0.2, 0) is 13.0 Å². The number of nitrogens with one attached hydrogen (secondary N) is 2. The first kappa shape index (κ1) is 18.1. The van der Waals surface area contributed by atoms with E-state index in [1.807, 2.05) is 25.1 Å². The van der Waals surface area contributed by atoms with Crippen LogP contribution in [0, 0.1) is 0 Å². The number of aromatic nitrogens is 1. The Labute approximate surface area is 146 Å². The third-order valence-electron chi connectivity index (χ3n) is 3.29. The van der Waals surface area contributed by atoms with Crippen LogP contribution in [0.3, 0.4) is 0 Å². The molecule has 2 N–H and O–H groups in total. The zero-order chi connectivity index (χ0) is 17.4. The summed E-state index contributed by atoms with van der Waals surface area (Å²) in [4.78, 5) is 8.78. The number of anilines is 1. The molecule has 0 radical (unpaired) electrons. The van der Waals surface area contributed by atoms with E-state index in [2.05, 4.69) is 32.9 Å². The predicted octanol–water partition coefficient (Wildman–Crippen LogP) is 3.30. The molecule has 24 heavy (non-hydrogen) atoms. The van der Waals surface area contributed by atoms with Crippen LogP contribution in [0.15, 0.2) is 28.6 Å². The molecule has 0 fully saturated rings. The van der Waals surface area contributed by atoms with Gasteiger partial charge in [-0.25, -0.2) is 4.98 Å². The second kappa shape index (κ2) is 9.12. The highest BCUT2D eigenvalue weighted by atomic mass is 32.1. The van der Waals surface area contributed by atoms with Gasteiger partial charge in [-0.15, -0.1) is 11.3 Å². The third kappa shape index (κ3) is 4.86. The lowest BCUT2D eigenvalue weighted by Gasteiger charge is -2.14. The zero-order valence-electron chi connectivity index (χ0n) is 14.5. The largest absolute Gasteiger partial charge is 0.493 e. The summed E-state index contributed by atoms with van der Waals surface area (Å²) in [6, 6.07) is 5.69. The number of benzene rings is 1. The Morgan fingerprint density at radius 1 is 1.29 bits per heavy atom. The minimum Gasteiger partial charge on any atom is -0.493 e. The van der Waals surface area contributed by atoms with E-state index < -0.39 is 0 Å². The lowest BCUT2D eigenvalue weighted by Crippen LogP contribution is -2.30. The fraction of sp³-hybridized carbons (Fsp3) is 0.412. The first-order chi connectivity index (χ1) is 11.7. The van der Waals surface area contributed by atoms with Gasteiger partial charge in [-0.3, -0.25) is 4.99 Å². The number of thiazole rings is 1. The van der Waals surface area contributed by atoms with Crippen LogP contribution in [0.1, 0.15) is 24.5 Å². The van der Waals surface area contributed by atoms with Gasteiger partial charge in [-0.1, -0.05) is 6.92 Å². The van der Waals surface area contributed by atoms with Gasteiger partial charge in [0.1, 0.15) is 0 Å². The number of rotatable bonds is 7. The number of aliphatic imine (C=N–C) groups is 1. The zero-order valence-corrected chi connectivity index (χ0v) is 15.4. The van der Waals surface area contributed by atoms with Crippen LogP contribution in [0.25, 0.3) is 0 Å². The standard InChI is InChI=1S/C17H24N4O2S/c1-5-16-20-13(11-24-16)10-19-17(18-3)21-12-7-8-14(22-4)15(9-12)23-6-2/h7-9,11H,5-6,10H2,1-4H3,(H2,18,19,21). The quantitative estimate of drug-likeness (QED) is 0.593. The van der Waals surface area contributed by atoms with Crippen molar-refractivity contribution < 1.29 is 9.47 Å². The SMILES string of the molecule is CCOc1cc(NC(=NC)NCc2csc(CC)n2)ccc1OC. The number of hydrogen-bond donors (Lipinski definition) is 2. The molecule has 0 atom stereocenters. The van der Waals surface area contributed by atoms with Gasteiger partial charge in [0.2, 0.25) is 0 Å². The van der Waals surface area contributed by atoms with E-state index in [1.54, 1.807) is 25.5 Å². The Morgan fingerprint density at radius 3 is 2.75 bits per heavy atom. The van der Waals surface area contributed by atoms with Gasteiger partial charge < -0.3 is 20.1 Å². The van der Waals surface area contributed by atoms with E-state index in [-0.39, 0.29) is 0 Å². The Kier molecular flexibility index (Phi) is 6.87. The van der Waals surface area contributed by atoms with Crippen molar-refractivity contribution in [1.82, 2.24) is 10.3 Å². The van der Waals surface area contributed by atoms with Crippen molar-refractivity contribution >= 4 is 23.0 Å². The minimum atomic E-state index is 0.580. The van der Waals surface area contributed by atoms with E-state index in [9.17, 15) is 0 Å². The normalized spacial score (nSPS) is 11.2. The van der Waals surface area contributed by atoms with Crippen LogP contribution in [0.4, 0.5) is 5.69 Å². The second-order valence-corrected chi connectivity index (χ2v) is 5.88. The fourth-order valence-corrected chi connectivity index (χ4v) is 2.85. The van der Waals surface area contributed by atoms with Crippen molar-refractivity contribution in [3.8, 4) is 11.5 Å². The van der Waals surface area contributed by atoms with Crippen molar-refractivity contribution in [2.24, 2.45) is 4.99 Å². The van der Waals surface area contributed by atoms with Crippen LogP contribution in [-0.4, -0.2) is 31.7 Å². The lowest BCUT2D eigenvalue weighted by atomic mass is 10.2. The van der Waals surface area contributed by atoms with Crippen LogP contribution in [0.2, 0.25) is 0 Å². The minimum absolute atomic E-state index is 0.580. The first-order valence-electron chi connectivity index (χ1n) is 7.91. The molecule has 0 amide bonds. The highest BCUT2D eigenvalue weighted by Crippen LogP contribution is 2.30. The summed E-state index contributed by atoms with van der Waals surface area (Å²) in [5, 5.41) is 9.73. The molecule has 0 saturated heterocycles.